The van der Waals surface area contributed by atoms with Gasteiger partial charge in [0.25, 0.3) is 5.69 Å². The van der Waals surface area contributed by atoms with Crippen LogP contribution >= 0.6 is 0 Å². The van der Waals surface area contributed by atoms with Gasteiger partial charge >= 0.3 is 6.18 Å². The van der Waals surface area contributed by atoms with Crippen LogP contribution in [0.2, 0.25) is 0 Å². The number of oxime groups is 1. The van der Waals surface area contributed by atoms with Crippen LogP contribution < -0.4 is 0 Å². The number of benzene rings is 1. The van der Waals surface area contributed by atoms with Crippen molar-refractivity contribution in [1.82, 2.24) is 0 Å². The van der Waals surface area contributed by atoms with Gasteiger partial charge in [-0.25, -0.2) is 0 Å². The quantitative estimate of drug-likeness (QED) is 0.614. The van der Waals surface area contributed by atoms with Crippen molar-refractivity contribution in [3.63, 3.8) is 0 Å². The van der Waals surface area contributed by atoms with E-state index in [0.29, 0.717) is 6.07 Å². The molecule has 1 aromatic carbocycles. The Bertz CT molecular complexity index is 643. The molecule has 1 aliphatic heterocycles. The number of hydrogen-bond donors (Lipinski definition) is 0. The highest BCUT2D eigenvalue weighted by atomic mass is 19.4. The van der Waals surface area contributed by atoms with E-state index in [0.717, 1.165) is 37.8 Å². The van der Waals surface area contributed by atoms with Crippen molar-refractivity contribution >= 4 is 11.4 Å². The molecule has 0 unspecified atom stereocenters. The summed E-state index contributed by atoms with van der Waals surface area (Å²) in [5, 5.41) is 14.6. The van der Waals surface area contributed by atoms with Crippen molar-refractivity contribution in [2.45, 2.75) is 38.0 Å². The molecule has 118 valence electrons. The van der Waals surface area contributed by atoms with E-state index in [2.05, 4.69) is 5.16 Å². The average molecular weight is 314 g/mol. The van der Waals surface area contributed by atoms with Crippen LogP contribution in [-0.2, 0) is 11.0 Å². The van der Waals surface area contributed by atoms with Crippen LogP contribution in [0.1, 0.15) is 36.8 Å². The lowest BCUT2D eigenvalue weighted by Gasteiger charge is -2.24. The van der Waals surface area contributed by atoms with Gasteiger partial charge in [-0.05, 0) is 25.3 Å². The van der Waals surface area contributed by atoms with Crippen molar-refractivity contribution in [2.24, 2.45) is 11.1 Å². The minimum Gasteiger partial charge on any atom is -0.392 e. The first kappa shape index (κ1) is 14.8. The van der Waals surface area contributed by atoms with Crippen molar-refractivity contribution in [3.8, 4) is 0 Å². The number of alkyl halides is 3. The van der Waals surface area contributed by atoms with Crippen LogP contribution in [0.25, 0.3) is 0 Å². The second-order valence-electron chi connectivity index (χ2n) is 5.50. The fraction of sp³-hybridized carbons (Fsp3) is 0.500. The molecule has 8 heteroatoms. The predicted octanol–water partition coefficient (Wildman–Crippen LogP) is 3.91. The molecule has 2 aliphatic rings. The molecule has 0 saturated heterocycles. The maximum Gasteiger partial charge on any atom is 0.417 e. The van der Waals surface area contributed by atoms with E-state index in [9.17, 15) is 23.3 Å². The van der Waals surface area contributed by atoms with E-state index >= 15 is 0 Å². The Hall–Kier alpha value is -2.12. The Morgan fingerprint density at radius 1 is 1.27 bits per heavy atom. The van der Waals surface area contributed by atoms with Gasteiger partial charge < -0.3 is 4.84 Å². The van der Waals surface area contributed by atoms with Crippen molar-refractivity contribution < 1.29 is 22.9 Å². The van der Waals surface area contributed by atoms with Crippen molar-refractivity contribution in [2.75, 3.05) is 0 Å². The lowest BCUT2D eigenvalue weighted by Crippen LogP contribution is -2.28. The maximum absolute atomic E-state index is 13.3. The standard InChI is InChI=1S/C14H13F3N2O3/c15-14(16,17)11-7-8(19(20)21)5-6-9(11)13-10-3-1-2-4-12(10)22-18-13/h5-7,10,12H,1-4H2/t10-,12+/m1/s1. The summed E-state index contributed by atoms with van der Waals surface area (Å²) >= 11 is 0. The highest BCUT2D eigenvalue weighted by Crippen LogP contribution is 2.40. The van der Waals surface area contributed by atoms with Gasteiger partial charge in [-0.15, -0.1) is 0 Å². The summed E-state index contributed by atoms with van der Waals surface area (Å²) in [5.74, 6) is -0.170. The molecule has 22 heavy (non-hydrogen) atoms. The fourth-order valence-electron chi connectivity index (χ4n) is 3.08. The highest BCUT2D eigenvalue weighted by molar-refractivity contribution is 6.04. The normalized spacial score (nSPS) is 24.4. The fourth-order valence-corrected chi connectivity index (χ4v) is 3.08. The van der Waals surface area contributed by atoms with E-state index in [1.807, 2.05) is 0 Å². The molecule has 2 atom stereocenters. The van der Waals surface area contributed by atoms with Gasteiger partial charge in [0.05, 0.1) is 16.2 Å². The van der Waals surface area contributed by atoms with Crippen molar-refractivity contribution in [1.29, 1.82) is 0 Å². The summed E-state index contributed by atoms with van der Waals surface area (Å²) in [6.07, 6.45) is -1.49. The molecule has 3 rings (SSSR count). The summed E-state index contributed by atoms with van der Waals surface area (Å²) in [6, 6.07) is 2.76. The first-order valence-corrected chi connectivity index (χ1v) is 6.97. The van der Waals surface area contributed by atoms with E-state index in [-0.39, 0.29) is 23.3 Å². The molecule has 1 heterocycles. The zero-order valence-corrected chi connectivity index (χ0v) is 11.5. The van der Waals surface area contributed by atoms with Crippen LogP contribution in [0.15, 0.2) is 23.4 Å². The second-order valence-corrected chi connectivity index (χ2v) is 5.50. The Kier molecular flexibility index (Phi) is 3.54. The molecule has 0 bridgehead atoms. The molecule has 0 radical (unpaired) electrons. The zero-order chi connectivity index (χ0) is 15.9. The number of nitro groups is 1. The van der Waals surface area contributed by atoms with Crippen LogP contribution in [-0.4, -0.2) is 16.7 Å². The number of fused-ring (bicyclic) bond motifs is 1. The third kappa shape index (κ3) is 2.53. The first-order valence-electron chi connectivity index (χ1n) is 6.97. The lowest BCUT2D eigenvalue weighted by molar-refractivity contribution is -0.385. The molecule has 0 amide bonds. The zero-order valence-electron chi connectivity index (χ0n) is 11.5. The molecule has 1 fully saturated rings. The maximum atomic E-state index is 13.3. The molecular weight excluding hydrogens is 301 g/mol. The molecule has 0 N–H and O–H groups in total. The SMILES string of the molecule is O=[N+]([O-])c1ccc(C2=NO[C@H]3CCCC[C@@H]23)c(C(F)(F)F)c1. The van der Waals surface area contributed by atoms with Gasteiger partial charge in [-0.3, -0.25) is 10.1 Å². The third-order valence-electron chi connectivity index (χ3n) is 4.14. The molecule has 0 aromatic heterocycles. The summed E-state index contributed by atoms with van der Waals surface area (Å²) in [4.78, 5) is 15.1. The third-order valence-corrected chi connectivity index (χ3v) is 4.14. The van der Waals surface area contributed by atoms with Gasteiger partial charge in [-0.1, -0.05) is 11.6 Å². The minimum atomic E-state index is -4.68. The number of halogens is 3. The molecule has 1 saturated carbocycles. The lowest BCUT2D eigenvalue weighted by atomic mass is 9.80. The number of nitro benzene ring substituents is 1. The Morgan fingerprint density at radius 3 is 2.68 bits per heavy atom. The van der Waals surface area contributed by atoms with Gasteiger partial charge in [-0.2, -0.15) is 13.2 Å². The van der Waals surface area contributed by atoms with Crippen LogP contribution in [0.5, 0.6) is 0 Å². The van der Waals surface area contributed by atoms with Crippen LogP contribution in [0.4, 0.5) is 18.9 Å². The number of rotatable bonds is 2. The van der Waals surface area contributed by atoms with Gasteiger partial charge in [0.1, 0.15) is 6.10 Å². The average Bonchev–Trinajstić information content (AvgIpc) is 2.89. The topological polar surface area (TPSA) is 64.7 Å². The van der Waals surface area contributed by atoms with Gasteiger partial charge in [0.15, 0.2) is 0 Å². The largest absolute Gasteiger partial charge is 0.417 e. The second kappa shape index (κ2) is 5.26. The molecule has 5 nitrogen and oxygen atoms in total. The highest BCUT2D eigenvalue weighted by Gasteiger charge is 2.42. The summed E-state index contributed by atoms with van der Waals surface area (Å²) < 4.78 is 39.8. The summed E-state index contributed by atoms with van der Waals surface area (Å²) in [6.45, 7) is 0. The smallest absolute Gasteiger partial charge is 0.392 e. The molecule has 1 aromatic rings. The molecular formula is C14H13F3N2O3. The Labute approximate surface area is 123 Å². The van der Waals surface area contributed by atoms with E-state index in [1.54, 1.807) is 0 Å². The summed E-state index contributed by atoms with van der Waals surface area (Å²) in [7, 11) is 0. The van der Waals surface area contributed by atoms with Crippen molar-refractivity contribution in [3.05, 3.63) is 39.4 Å². The molecule has 0 spiro atoms. The molecule has 1 aliphatic carbocycles. The van der Waals surface area contributed by atoms with Gasteiger partial charge in [0.2, 0.25) is 0 Å². The number of hydrogen-bond acceptors (Lipinski definition) is 4. The Balaban J connectivity index is 2.05. The van der Waals surface area contributed by atoms with Crippen LogP contribution in [0.3, 0.4) is 0 Å². The first-order chi connectivity index (χ1) is 10.4. The Morgan fingerprint density at radius 2 is 2.00 bits per heavy atom. The van der Waals surface area contributed by atoms with E-state index < -0.39 is 22.4 Å². The van der Waals surface area contributed by atoms with E-state index in [4.69, 9.17) is 4.84 Å². The number of nitrogens with zero attached hydrogens (tertiary/aromatic N) is 2. The predicted molar refractivity (Wildman–Crippen MR) is 71.5 cm³/mol. The summed E-state index contributed by atoms with van der Waals surface area (Å²) in [5.41, 5.74) is -1.48. The number of non-ortho nitro benzene ring substituents is 1. The van der Waals surface area contributed by atoms with Crippen LogP contribution in [0, 0.1) is 16.0 Å². The minimum absolute atomic E-state index is 0.118. The monoisotopic (exact) mass is 314 g/mol. The van der Waals surface area contributed by atoms with E-state index in [1.165, 1.54) is 0 Å². The van der Waals surface area contributed by atoms with Gasteiger partial charge in [0, 0.05) is 23.6 Å².